The minimum absolute atomic E-state index is 0.175. The lowest BCUT2D eigenvalue weighted by atomic mass is 9.75. The fraction of sp³-hybridized carbons (Fsp3) is 0.923. The summed E-state index contributed by atoms with van der Waals surface area (Å²) in [5, 5.41) is 3.39. The fourth-order valence-electron chi connectivity index (χ4n) is 2.61. The number of carbonyl (C=O) groups excluding carboxylic acids is 1. The van der Waals surface area contributed by atoms with E-state index in [1.165, 1.54) is 6.42 Å². The maximum absolute atomic E-state index is 11.7. The highest BCUT2D eigenvalue weighted by Gasteiger charge is 2.39. The summed E-state index contributed by atoms with van der Waals surface area (Å²) in [5.41, 5.74) is 5.15. The third kappa shape index (κ3) is 3.96. The SMILES string of the molecule is CCC1CCC(NCCN(C)C)(C(N)=O)CC1. The van der Waals surface area contributed by atoms with Gasteiger partial charge in [-0.1, -0.05) is 13.3 Å². The highest BCUT2D eigenvalue weighted by atomic mass is 16.1. The monoisotopic (exact) mass is 241 g/mol. The summed E-state index contributed by atoms with van der Waals surface area (Å²) >= 11 is 0. The molecule has 1 saturated carbocycles. The predicted molar refractivity (Wildman–Crippen MR) is 70.7 cm³/mol. The van der Waals surface area contributed by atoms with Crippen LogP contribution in [0.5, 0.6) is 0 Å². The molecular formula is C13H27N3O. The van der Waals surface area contributed by atoms with E-state index >= 15 is 0 Å². The zero-order valence-corrected chi connectivity index (χ0v) is 11.5. The lowest BCUT2D eigenvalue weighted by molar-refractivity contribution is -0.126. The Morgan fingerprint density at radius 2 is 2.00 bits per heavy atom. The van der Waals surface area contributed by atoms with Crippen molar-refractivity contribution in [3.8, 4) is 0 Å². The number of rotatable bonds is 6. The van der Waals surface area contributed by atoms with Gasteiger partial charge in [0.15, 0.2) is 0 Å². The number of hydrogen-bond donors (Lipinski definition) is 2. The Morgan fingerprint density at radius 3 is 2.41 bits per heavy atom. The number of nitrogens with zero attached hydrogens (tertiary/aromatic N) is 1. The van der Waals surface area contributed by atoms with Crippen LogP contribution in [0.1, 0.15) is 39.0 Å². The van der Waals surface area contributed by atoms with Gasteiger partial charge in [-0.05, 0) is 45.7 Å². The van der Waals surface area contributed by atoms with Crippen LogP contribution in [0.25, 0.3) is 0 Å². The van der Waals surface area contributed by atoms with Crippen molar-refractivity contribution in [3.63, 3.8) is 0 Å². The summed E-state index contributed by atoms with van der Waals surface area (Å²) in [7, 11) is 4.07. The van der Waals surface area contributed by atoms with E-state index in [1.54, 1.807) is 0 Å². The third-order valence-electron chi connectivity index (χ3n) is 4.03. The van der Waals surface area contributed by atoms with Gasteiger partial charge in [0, 0.05) is 13.1 Å². The molecule has 3 N–H and O–H groups in total. The number of likely N-dealkylation sites (N-methyl/N-ethyl adjacent to an activating group) is 1. The molecule has 0 bridgehead atoms. The number of nitrogens with one attached hydrogen (secondary N) is 1. The molecule has 1 rings (SSSR count). The van der Waals surface area contributed by atoms with E-state index in [0.29, 0.717) is 0 Å². The van der Waals surface area contributed by atoms with Gasteiger partial charge in [-0.15, -0.1) is 0 Å². The third-order valence-corrected chi connectivity index (χ3v) is 4.03. The molecule has 4 heteroatoms. The van der Waals surface area contributed by atoms with E-state index in [-0.39, 0.29) is 5.91 Å². The molecule has 0 atom stereocenters. The van der Waals surface area contributed by atoms with Crippen LogP contribution in [0.15, 0.2) is 0 Å². The molecule has 0 aromatic heterocycles. The maximum atomic E-state index is 11.7. The van der Waals surface area contributed by atoms with E-state index in [0.717, 1.165) is 44.7 Å². The average Bonchev–Trinajstić information content (AvgIpc) is 2.29. The van der Waals surface area contributed by atoms with Gasteiger partial charge in [0.2, 0.25) is 5.91 Å². The Hall–Kier alpha value is -0.610. The van der Waals surface area contributed by atoms with Crippen LogP contribution in [0.2, 0.25) is 0 Å². The Kier molecular flexibility index (Phi) is 5.40. The number of primary amides is 1. The van der Waals surface area contributed by atoms with Crippen molar-refractivity contribution in [1.29, 1.82) is 0 Å². The highest BCUT2D eigenvalue weighted by molar-refractivity contribution is 5.84. The van der Waals surface area contributed by atoms with Gasteiger partial charge in [-0.2, -0.15) is 0 Å². The molecule has 0 unspecified atom stereocenters. The topological polar surface area (TPSA) is 58.4 Å². The minimum Gasteiger partial charge on any atom is -0.368 e. The second-order valence-corrected chi connectivity index (χ2v) is 5.53. The van der Waals surface area contributed by atoms with Crippen molar-refractivity contribution in [3.05, 3.63) is 0 Å². The summed E-state index contributed by atoms with van der Waals surface area (Å²) < 4.78 is 0. The van der Waals surface area contributed by atoms with Crippen molar-refractivity contribution in [1.82, 2.24) is 10.2 Å². The Balaban J connectivity index is 2.50. The molecule has 0 aromatic rings. The summed E-state index contributed by atoms with van der Waals surface area (Å²) in [5.74, 6) is 0.601. The Morgan fingerprint density at radius 1 is 1.41 bits per heavy atom. The summed E-state index contributed by atoms with van der Waals surface area (Å²) in [4.78, 5) is 13.8. The predicted octanol–water partition coefficient (Wildman–Crippen LogP) is 0.962. The van der Waals surface area contributed by atoms with Gasteiger partial charge in [0.05, 0.1) is 5.54 Å². The van der Waals surface area contributed by atoms with Crippen LogP contribution in [0.4, 0.5) is 0 Å². The first-order chi connectivity index (χ1) is 8.00. The van der Waals surface area contributed by atoms with Crippen LogP contribution < -0.4 is 11.1 Å². The molecule has 0 heterocycles. The molecule has 1 amide bonds. The number of amides is 1. The van der Waals surface area contributed by atoms with Crippen LogP contribution in [-0.2, 0) is 4.79 Å². The summed E-state index contributed by atoms with van der Waals surface area (Å²) in [6, 6.07) is 0. The Bertz CT molecular complexity index is 245. The van der Waals surface area contributed by atoms with Crippen LogP contribution in [0.3, 0.4) is 0 Å². The molecule has 0 spiro atoms. The smallest absolute Gasteiger partial charge is 0.237 e. The highest BCUT2D eigenvalue weighted by Crippen LogP contribution is 2.33. The lowest BCUT2D eigenvalue weighted by Crippen LogP contribution is -2.58. The molecule has 4 nitrogen and oxygen atoms in total. The first kappa shape index (κ1) is 14.5. The van der Waals surface area contributed by atoms with E-state index in [2.05, 4.69) is 17.1 Å². The van der Waals surface area contributed by atoms with E-state index in [9.17, 15) is 4.79 Å². The van der Waals surface area contributed by atoms with Gasteiger partial charge in [0.1, 0.15) is 0 Å². The molecular weight excluding hydrogens is 214 g/mol. The quantitative estimate of drug-likeness (QED) is 0.728. The van der Waals surface area contributed by atoms with E-state index < -0.39 is 5.54 Å². The summed E-state index contributed by atoms with van der Waals surface area (Å²) in [6.07, 6.45) is 5.25. The summed E-state index contributed by atoms with van der Waals surface area (Å²) in [6.45, 7) is 3.99. The second kappa shape index (κ2) is 6.36. The van der Waals surface area contributed by atoms with Crippen molar-refractivity contribution in [2.75, 3.05) is 27.2 Å². The molecule has 0 aliphatic heterocycles. The van der Waals surface area contributed by atoms with Crippen molar-refractivity contribution in [2.24, 2.45) is 11.7 Å². The van der Waals surface area contributed by atoms with Crippen molar-refractivity contribution >= 4 is 5.91 Å². The molecule has 1 aliphatic rings. The van der Waals surface area contributed by atoms with Crippen molar-refractivity contribution < 1.29 is 4.79 Å². The molecule has 100 valence electrons. The average molecular weight is 241 g/mol. The van der Waals surface area contributed by atoms with Crippen LogP contribution in [-0.4, -0.2) is 43.5 Å². The molecule has 0 aromatic carbocycles. The Labute approximate surface area is 105 Å². The first-order valence-corrected chi connectivity index (χ1v) is 6.70. The standard InChI is InChI=1S/C13H27N3O/c1-4-11-5-7-13(8-6-11,12(14)17)15-9-10-16(2)3/h11,15H,4-10H2,1-3H3,(H2,14,17). The fourth-order valence-corrected chi connectivity index (χ4v) is 2.61. The van der Waals surface area contributed by atoms with Gasteiger partial charge in [0.25, 0.3) is 0 Å². The minimum atomic E-state index is -0.443. The van der Waals surface area contributed by atoms with Gasteiger partial charge in [-0.3, -0.25) is 4.79 Å². The molecule has 0 saturated heterocycles. The van der Waals surface area contributed by atoms with E-state index in [4.69, 9.17) is 5.73 Å². The zero-order chi connectivity index (χ0) is 12.9. The molecule has 0 radical (unpaired) electrons. The number of carbonyl (C=O) groups is 1. The van der Waals surface area contributed by atoms with Gasteiger partial charge >= 0.3 is 0 Å². The van der Waals surface area contributed by atoms with Gasteiger partial charge in [-0.25, -0.2) is 0 Å². The normalized spacial score (nSPS) is 29.5. The second-order valence-electron chi connectivity index (χ2n) is 5.53. The molecule has 17 heavy (non-hydrogen) atoms. The van der Waals surface area contributed by atoms with Crippen LogP contribution >= 0.6 is 0 Å². The van der Waals surface area contributed by atoms with Gasteiger partial charge < -0.3 is 16.0 Å². The zero-order valence-electron chi connectivity index (χ0n) is 11.5. The van der Waals surface area contributed by atoms with Crippen molar-refractivity contribution in [2.45, 2.75) is 44.6 Å². The van der Waals surface area contributed by atoms with Crippen LogP contribution in [0, 0.1) is 5.92 Å². The first-order valence-electron chi connectivity index (χ1n) is 6.70. The molecule has 1 fully saturated rings. The number of nitrogens with two attached hydrogens (primary N) is 1. The largest absolute Gasteiger partial charge is 0.368 e. The van der Waals surface area contributed by atoms with E-state index in [1.807, 2.05) is 14.1 Å². The maximum Gasteiger partial charge on any atom is 0.237 e. The lowest BCUT2D eigenvalue weighted by Gasteiger charge is -2.38. The molecule has 1 aliphatic carbocycles. The number of hydrogen-bond acceptors (Lipinski definition) is 3.